The largest absolute Gasteiger partial charge is 0.372 e. The minimum atomic E-state index is -1.57. The van der Waals surface area contributed by atoms with Gasteiger partial charge < -0.3 is 5.32 Å². The van der Waals surface area contributed by atoms with Gasteiger partial charge in [-0.15, -0.1) is 0 Å². The third-order valence-electron chi connectivity index (χ3n) is 1.23. The maximum atomic E-state index is 5.62. The first kappa shape index (κ1) is 11.6. The van der Waals surface area contributed by atoms with Crippen molar-refractivity contribution in [2.45, 2.75) is 3.79 Å². The number of halogens is 4. The van der Waals surface area contributed by atoms with Gasteiger partial charge in [-0.1, -0.05) is 34.8 Å². The fourth-order valence-corrected chi connectivity index (χ4v) is 1.48. The predicted octanol–water partition coefficient (Wildman–Crippen LogP) is 2.95. The zero-order valence-electron chi connectivity index (χ0n) is 6.48. The molecule has 0 aliphatic carbocycles. The highest BCUT2D eigenvalue weighted by Gasteiger charge is 2.27. The van der Waals surface area contributed by atoms with E-state index in [-0.39, 0.29) is 5.82 Å². The van der Waals surface area contributed by atoms with Gasteiger partial charge in [0.2, 0.25) is 3.79 Å². The summed E-state index contributed by atoms with van der Waals surface area (Å²) in [5, 5.41) is 2.87. The van der Waals surface area contributed by atoms with E-state index < -0.39 is 3.79 Å². The zero-order chi connectivity index (χ0) is 10.1. The Balaban J connectivity index is 3.14. The van der Waals surface area contributed by atoms with Gasteiger partial charge in [-0.25, -0.2) is 9.97 Å². The van der Waals surface area contributed by atoms with E-state index in [0.717, 1.165) is 3.57 Å². The Morgan fingerprint density at radius 1 is 1.46 bits per heavy atom. The number of aromatic nitrogens is 2. The van der Waals surface area contributed by atoms with Gasteiger partial charge in [0.15, 0.2) is 5.82 Å². The quantitative estimate of drug-likeness (QED) is 0.624. The Hall–Kier alpha value is 0.480. The number of rotatable bonds is 1. The fraction of sp³-hybridized carbons (Fsp3) is 0.333. The molecule has 0 radical (unpaired) electrons. The molecular weight excluding hydrogens is 347 g/mol. The molecule has 1 aromatic rings. The van der Waals surface area contributed by atoms with Crippen LogP contribution in [0.3, 0.4) is 0 Å². The van der Waals surface area contributed by atoms with Crippen LogP contribution < -0.4 is 5.32 Å². The molecule has 0 amide bonds. The van der Waals surface area contributed by atoms with Crippen molar-refractivity contribution in [2.75, 3.05) is 12.4 Å². The molecule has 3 nitrogen and oxygen atoms in total. The maximum Gasteiger partial charge on any atom is 0.250 e. The lowest BCUT2D eigenvalue weighted by atomic mass is 10.5. The van der Waals surface area contributed by atoms with Gasteiger partial charge in [-0.3, -0.25) is 0 Å². The summed E-state index contributed by atoms with van der Waals surface area (Å²) in [6.45, 7) is 0. The van der Waals surface area contributed by atoms with E-state index in [4.69, 9.17) is 34.8 Å². The predicted molar refractivity (Wildman–Crippen MR) is 63.5 cm³/mol. The lowest BCUT2D eigenvalue weighted by molar-refractivity contribution is 0.963. The molecule has 0 aliphatic heterocycles. The van der Waals surface area contributed by atoms with Crippen LogP contribution in [0.4, 0.5) is 5.82 Å². The lowest BCUT2D eigenvalue weighted by Crippen LogP contribution is -2.09. The molecule has 0 spiro atoms. The SMILES string of the molecule is CNc1nc(C(Cl)(Cl)Cl)ncc1I. The monoisotopic (exact) mass is 351 g/mol. The van der Waals surface area contributed by atoms with Crippen LogP contribution in [-0.4, -0.2) is 17.0 Å². The smallest absolute Gasteiger partial charge is 0.250 e. The zero-order valence-corrected chi connectivity index (χ0v) is 10.9. The summed E-state index contributed by atoms with van der Waals surface area (Å²) in [6, 6.07) is 0. The van der Waals surface area contributed by atoms with Crippen molar-refractivity contribution in [3.63, 3.8) is 0 Å². The van der Waals surface area contributed by atoms with E-state index in [2.05, 4.69) is 37.9 Å². The molecule has 0 saturated carbocycles. The molecule has 1 heterocycles. The Labute approximate surface area is 104 Å². The van der Waals surface area contributed by atoms with Crippen LogP contribution in [0.15, 0.2) is 6.20 Å². The molecule has 0 unspecified atom stereocenters. The Kier molecular flexibility index (Phi) is 3.85. The highest BCUT2D eigenvalue weighted by atomic mass is 127. The molecule has 13 heavy (non-hydrogen) atoms. The van der Waals surface area contributed by atoms with Crippen LogP contribution >= 0.6 is 57.4 Å². The summed E-state index contributed by atoms with van der Waals surface area (Å²) < 4.78 is -0.700. The van der Waals surface area contributed by atoms with Crippen LogP contribution in [0, 0.1) is 3.57 Å². The first-order valence-corrected chi connectivity index (χ1v) is 5.44. The van der Waals surface area contributed by atoms with Crippen molar-refractivity contribution in [3.8, 4) is 0 Å². The van der Waals surface area contributed by atoms with Crippen molar-refractivity contribution in [1.82, 2.24) is 9.97 Å². The van der Waals surface area contributed by atoms with E-state index in [1.54, 1.807) is 13.2 Å². The van der Waals surface area contributed by atoms with Gasteiger partial charge in [-0.05, 0) is 22.6 Å². The van der Waals surface area contributed by atoms with Crippen LogP contribution in [0.25, 0.3) is 0 Å². The first-order chi connectivity index (χ1) is 5.95. The molecule has 72 valence electrons. The summed E-state index contributed by atoms with van der Waals surface area (Å²) in [5.74, 6) is 0.819. The second-order valence-corrected chi connectivity index (χ2v) is 5.58. The normalized spacial score (nSPS) is 11.5. The van der Waals surface area contributed by atoms with Crippen molar-refractivity contribution < 1.29 is 0 Å². The first-order valence-electron chi connectivity index (χ1n) is 3.22. The summed E-state index contributed by atoms with van der Waals surface area (Å²) >= 11 is 18.9. The van der Waals surface area contributed by atoms with Crippen molar-refractivity contribution in [3.05, 3.63) is 15.6 Å². The number of hydrogen-bond acceptors (Lipinski definition) is 3. The van der Waals surface area contributed by atoms with Crippen LogP contribution in [0.5, 0.6) is 0 Å². The minimum absolute atomic E-state index is 0.169. The van der Waals surface area contributed by atoms with E-state index in [1.807, 2.05) is 0 Å². The van der Waals surface area contributed by atoms with Gasteiger partial charge in [-0.2, -0.15) is 0 Å². The third-order valence-corrected chi connectivity index (χ3v) is 2.53. The second kappa shape index (κ2) is 4.33. The van der Waals surface area contributed by atoms with Gasteiger partial charge in [0.1, 0.15) is 5.82 Å². The number of hydrogen-bond donors (Lipinski definition) is 1. The van der Waals surface area contributed by atoms with Crippen LogP contribution in [-0.2, 0) is 3.79 Å². The molecule has 7 heteroatoms. The van der Waals surface area contributed by atoms with Crippen LogP contribution in [0.2, 0.25) is 0 Å². The Morgan fingerprint density at radius 3 is 2.54 bits per heavy atom. The van der Waals surface area contributed by atoms with E-state index >= 15 is 0 Å². The maximum absolute atomic E-state index is 5.62. The fourth-order valence-electron chi connectivity index (χ4n) is 0.679. The number of anilines is 1. The standard InChI is InChI=1S/C6H5Cl3IN3/c1-11-4-3(10)2-12-5(13-4)6(7,8)9/h2H,1H3,(H,11,12,13). The topological polar surface area (TPSA) is 37.8 Å². The molecule has 0 aromatic carbocycles. The van der Waals surface area contributed by atoms with Crippen molar-refractivity contribution in [2.24, 2.45) is 0 Å². The number of nitrogens with one attached hydrogen (secondary N) is 1. The average molecular weight is 352 g/mol. The molecule has 0 saturated heterocycles. The highest BCUT2D eigenvalue weighted by Crippen LogP contribution is 2.36. The summed E-state index contributed by atoms with van der Waals surface area (Å²) in [4.78, 5) is 7.94. The molecule has 0 atom stereocenters. The third kappa shape index (κ3) is 2.97. The van der Waals surface area contributed by atoms with Crippen LogP contribution in [0.1, 0.15) is 5.82 Å². The molecule has 1 aromatic heterocycles. The van der Waals surface area contributed by atoms with Gasteiger partial charge in [0.05, 0.1) is 3.57 Å². The highest BCUT2D eigenvalue weighted by molar-refractivity contribution is 14.1. The number of nitrogens with zero attached hydrogens (tertiary/aromatic N) is 2. The van der Waals surface area contributed by atoms with Crippen molar-refractivity contribution in [1.29, 1.82) is 0 Å². The average Bonchev–Trinajstić information content (AvgIpc) is 2.03. The van der Waals surface area contributed by atoms with E-state index in [0.29, 0.717) is 5.82 Å². The van der Waals surface area contributed by atoms with E-state index in [1.165, 1.54) is 0 Å². The van der Waals surface area contributed by atoms with Crippen molar-refractivity contribution >= 4 is 63.2 Å². The van der Waals surface area contributed by atoms with Gasteiger partial charge in [0, 0.05) is 13.2 Å². The van der Waals surface area contributed by atoms with E-state index in [9.17, 15) is 0 Å². The molecular formula is C6H5Cl3IN3. The summed E-state index contributed by atoms with van der Waals surface area (Å²) in [6.07, 6.45) is 1.59. The molecule has 0 fully saturated rings. The Morgan fingerprint density at radius 2 is 2.08 bits per heavy atom. The molecule has 1 rings (SSSR count). The molecule has 0 aliphatic rings. The summed E-state index contributed by atoms with van der Waals surface area (Å²) in [5.41, 5.74) is 0. The minimum Gasteiger partial charge on any atom is -0.372 e. The Bertz CT molecular complexity index is 312. The summed E-state index contributed by atoms with van der Waals surface area (Å²) in [7, 11) is 1.74. The second-order valence-electron chi connectivity index (χ2n) is 2.14. The van der Waals surface area contributed by atoms with Gasteiger partial charge >= 0.3 is 0 Å². The molecule has 0 bridgehead atoms. The molecule has 1 N–H and O–H groups in total. The lowest BCUT2D eigenvalue weighted by Gasteiger charge is -2.10. The van der Waals surface area contributed by atoms with Gasteiger partial charge in [0.25, 0.3) is 0 Å². The number of alkyl halides is 3.